The fraction of sp³-hybridized carbons (Fsp3) is 0.333. The van der Waals surface area contributed by atoms with E-state index in [0.29, 0.717) is 11.4 Å². The zero-order valence-corrected chi connectivity index (χ0v) is 15.8. The molecule has 0 aliphatic rings. The van der Waals surface area contributed by atoms with Crippen LogP contribution in [0, 0.1) is 5.92 Å². The van der Waals surface area contributed by atoms with Gasteiger partial charge in [-0.25, -0.2) is 4.79 Å². The molecule has 0 heterocycles. The zero-order valence-electron chi connectivity index (χ0n) is 15.1. The maximum atomic E-state index is 12.4. The third kappa shape index (κ3) is 6.52. The van der Waals surface area contributed by atoms with Gasteiger partial charge < -0.3 is 10.1 Å². The minimum atomic E-state index is -0.673. The third-order valence-corrected chi connectivity index (χ3v) is 4.23. The average Bonchev–Trinajstić information content (AvgIpc) is 2.61. The van der Waals surface area contributed by atoms with Crippen molar-refractivity contribution in [2.75, 3.05) is 0 Å². The number of carbonyl (C=O) groups is 2. The lowest BCUT2D eigenvalue weighted by Crippen LogP contribution is -2.43. The Morgan fingerprint density at radius 2 is 1.69 bits per heavy atom. The van der Waals surface area contributed by atoms with Crippen LogP contribution >= 0.6 is 11.6 Å². The molecule has 0 aliphatic carbocycles. The van der Waals surface area contributed by atoms with E-state index in [2.05, 4.69) is 5.32 Å². The summed E-state index contributed by atoms with van der Waals surface area (Å²) in [6, 6.07) is 16.0. The van der Waals surface area contributed by atoms with E-state index in [1.807, 2.05) is 56.3 Å². The molecule has 26 heavy (non-hydrogen) atoms. The highest BCUT2D eigenvalue weighted by atomic mass is 35.5. The van der Waals surface area contributed by atoms with Gasteiger partial charge >= 0.3 is 5.97 Å². The van der Waals surface area contributed by atoms with Gasteiger partial charge in [0, 0.05) is 5.02 Å². The average molecular weight is 374 g/mol. The Balaban J connectivity index is 1.96. The van der Waals surface area contributed by atoms with Gasteiger partial charge in [-0.3, -0.25) is 4.79 Å². The molecule has 2 rings (SSSR count). The summed E-state index contributed by atoms with van der Waals surface area (Å²) in [5.74, 6) is -0.430. The van der Waals surface area contributed by atoms with Crippen molar-refractivity contribution in [2.45, 2.75) is 39.3 Å². The molecule has 5 heteroatoms. The summed E-state index contributed by atoms with van der Waals surface area (Å²) in [6.45, 7) is 4.18. The number of benzene rings is 2. The quantitative estimate of drug-likeness (QED) is 0.707. The van der Waals surface area contributed by atoms with E-state index >= 15 is 0 Å². The summed E-state index contributed by atoms with van der Waals surface area (Å²) in [5, 5.41) is 3.32. The Labute approximate surface area is 159 Å². The maximum absolute atomic E-state index is 12.4. The molecule has 1 atom stereocenters. The van der Waals surface area contributed by atoms with Crippen LogP contribution in [0.2, 0.25) is 5.02 Å². The SMILES string of the molecule is CC(C)C[C@H](NC(=O)Cc1ccccc1Cl)C(=O)OCc1ccccc1. The second-order valence-electron chi connectivity index (χ2n) is 6.61. The molecule has 0 saturated heterocycles. The van der Waals surface area contributed by atoms with Crippen molar-refractivity contribution < 1.29 is 14.3 Å². The standard InChI is InChI=1S/C21H24ClNO3/c1-15(2)12-19(21(25)26-14-16-8-4-3-5-9-16)23-20(24)13-17-10-6-7-11-18(17)22/h3-11,15,19H,12-14H2,1-2H3,(H,23,24)/t19-/m0/s1. The van der Waals surface area contributed by atoms with Crippen molar-refractivity contribution >= 4 is 23.5 Å². The van der Waals surface area contributed by atoms with Crippen molar-refractivity contribution in [3.63, 3.8) is 0 Å². The molecule has 0 fully saturated rings. The van der Waals surface area contributed by atoms with Gasteiger partial charge in [0.25, 0.3) is 0 Å². The van der Waals surface area contributed by atoms with E-state index in [1.165, 1.54) is 0 Å². The van der Waals surface area contributed by atoms with Gasteiger partial charge in [0.2, 0.25) is 5.91 Å². The molecule has 2 aromatic carbocycles. The topological polar surface area (TPSA) is 55.4 Å². The smallest absolute Gasteiger partial charge is 0.328 e. The molecule has 2 aromatic rings. The minimum Gasteiger partial charge on any atom is -0.459 e. The van der Waals surface area contributed by atoms with Crippen molar-refractivity contribution in [1.82, 2.24) is 5.32 Å². The van der Waals surface area contributed by atoms with E-state index in [9.17, 15) is 9.59 Å². The number of carbonyl (C=O) groups excluding carboxylic acids is 2. The maximum Gasteiger partial charge on any atom is 0.328 e. The van der Waals surface area contributed by atoms with Gasteiger partial charge in [-0.05, 0) is 29.5 Å². The van der Waals surface area contributed by atoms with Gasteiger partial charge in [-0.15, -0.1) is 0 Å². The Bertz CT molecular complexity index is 731. The third-order valence-electron chi connectivity index (χ3n) is 3.86. The van der Waals surface area contributed by atoms with E-state index in [1.54, 1.807) is 12.1 Å². The Kier molecular flexibility index (Phi) is 7.67. The van der Waals surface area contributed by atoms with Gasteiger partial charge in [0.05, 0.1) is 6.42 Å². The second kappa shape index (κ2) is 9.97. The first-order chi connectivity index (χ1) is 12.5. The lowest BCUT2D eigenvalue weighted by Gasteiger charge is -2.19. The number of nitrogens with one attached hydrogen (secondary N) is 1. The van der Waals surface area contributed by atoms with Gasteiger partial charge in [-0.2, -0.15) is 0 Å². The van der Waals surface area contributed by atoms with Crippen LogP contribution in [-0.4, -0.2) is 17.9 Å². The minimum absolute atomic E-state index is 0.125. The Hall–Kier alpha value is -2.33. The number of hydrogen-bond donors (Lipinski definition) is 1. The zero-order chi connectivity index (χ0) is 18.9. The molecule has 0 aromatic heterocycles. The Morgan fingerprint density at radius 1 is 1.04 bits per heavy atom. The summed E-state index contributed by atoms with van der Waals surface area (Å²) in [6.07, 6.45) is 0.641. The van der Waals surface area contributed by atoms with E-state index in [4.69, 9.17) is 16.3 Å². The molecule has 0 unspecified atom stereocenters. The van der Waals surface area contributed by atoms with Crippen molar-refractivity contribution in [3.8, 4) is 0 Å². The summed E-state index contributed by atoms with van der Waals surface area (Å²) in [7, 11) is 0. The summed E-state index contributed by atoms with van der Waals surface area (Å²) in [4.78, 5) is 24.8. The van der Waals surface area contributed by atoms with E-state index in [0.717, 1.165) is 11.1 Å². The number of esters is 1. The normalized spacial score (nSPS) is 11.8. The lowest BCUT2D eigenvalue weighted by molar-refractivity contribution is -0.149. The molecule has 0 bridgehead atoms. The monoisotopic (exact) mass is 373 g/mol. The molecule has 0 spiro atoms. The molecule has 1 amide bonds. The van der Waals surface area contributed by atoms with Crippen LogP contribution in [0.4, 0.5) is 0 Å². The summed E-state index contributed by atoms with van der Waals surface area (Å²) < 4.78 is 5.39. The van der Waals surface area contributed by atoms with Crippen LogP contribution in [0.1, 0.15) is 31.4 Å². The van der Waals surface area contributed by atoms with Crippen LogP contribution in [0.3, 0.4) is 0 Å². The molecule has 0 aliphatic heterocycles. The highest BCUT2D eigenvalue weighted by Gasteiger charge is 2.23. The molecular weight excluding hydrogens is 350 g/mol. The Morgan fingerprint density at radius 3 is 2.35 bits per heavy atom. The number of hydrogen-bond acceptors (Lipinski definition) is 3. The first-order valence-corrected chi connectivity index (χ1v) is 9.07. The molecule has 1 N–H and O–H groups in total. The summed E-state index contributed by atoms with van der Waals surface area (Å²) in [5.41, 5.74) is 1.64. The number of rotatable bonds is 8. The fourth-order valence-electron chi connectivity index (χ4n) is 2.57. The second-order valence-corrected chi connectivity index (χ2v) is 7.02. The lowest BCUT2D eigenvalue weighted by atomic mass is 10.0. The first-order valence-electron chi connectivity index (χ1n) is 8.69. The highest BCUT2D eigenvalue weighted by Crippen LogP contribution is 2.16. The first kappa shape index (κ1) is 20.0. The van der Waals surface area contributed by atoms with Gasteiger partial charge in [0.15, 0.2) is 0 Å². The van der Waals surface area contributed by atoms with Crippen molar-refractivity contribution in [2.24, 2.45) is 5.92 Å². The van der Waals surface area contributed by atoms with Crippen LogP contribution in [0.15, 0.2) is 54.6 Å². The highest BCUT2D eigenvalue weighted by molar-refractivity contribution is 6.31. The van der Waals surface area contributed by atoms with Crippen LogP contribution in [0.5, 0.6) is 0 Å². The van der Waals surface area contributed by atoms with Crippen molar-refractivity contribution in [1.29, 1.82) is 0 Å². The molecular formula is C21H24ClNO3. The van der Waals surface area contributed by atoms with Crippen molar-refractivity contribution in [3.05, 3.63) is 70.7 Å². The molecule has 138 valence electrons. The van der Waals surface area contributed by atoms with E-state index < -0.39 is 12.0 Å². The van der Waals surface area contributed by atoms with Gasteiger partial charge in [0.1, 0.15) is 12.6 Å². The largest absolute Gasteiger partial charge is 0.459 e. The predicted octanol–water partition coefficient (Wildman–Crippen LogP) is 4.16. The van der Waals surface area contributed by atoms with Gasteiger partial charge in [-0.1, -0.05) is 74.0 Å². The van der Waals surface area contributed by atoms with Crippen LogP contribution in [0.25, 0.3) is 0 Å². The van der Waals surface area contributed by atoms with Crippen LogP contribution in [-0.2, 0) is 27.4 Å². The summed E-state index contributed by atoms with van der Waals surface area (Å²) >= 11 is 6.10. The molecule has 4 nitrogen and oxygen atoms in total. The number of halogens is 1. The fourth-order valence-corrected chi connectivity index (χ4v) is 2.78. The molecule has 0 saturated carbocycles. The number of amides is 1. The van der Waals surface area contributed by atoms with E-state index in [-0.39, 0.29) is 24.9 Å². The predicted molar refractivity (Wildman–Crippen MR) is 103 cm³/mol. The van der Waals surface area contributed by atoms with Crippen LogP contribution < -0.4 is 5.32 Å². The number of ether oxygens (including phenoxy) is 1. The molecule has 0 radical (unpaired) electrons.